The van der Waals surface area contributed by atoms with Crippen LogP contribution in [0.25, 0.3) is 0 Å². The van der Waals surface area contributed by atoms with Crippen LogP contribution in [-0.2, 0) is 21.6 Å². The molecule has 0 aliphatic carbocycles. The molecule has 0 aromatic carbocycles. The molecule has 0 aliphatic rings. The van der Waals surface area contributed by atoms with Gasteiger partial charge >= 0.3 is 7.82 Å². The van der Waals surface area contributed by atoms with Crippen molar-refractivity contribution in [3.63, 3.8) is 0 Å². The molecule has 0 saturated heterocycles. The standard InChI is InChI=1S/CN.Fe.H3O4P/c1-2;;1-5(2,3)4/h;;(H3,1,2,3,4)/q-1;;. The predicted octanol–water partition coefficient (Wildman–Crippen LogP) is -0.835. The fourth-order valence-corrected chi connectivity index (χ4v) is 0. The van der Waals surface area contributed by atoms with Crippen LogP contribution in [0.1, 0.15) is 0 Å². The molecule has 0 spiro atoms. The molecule has 3 N–H and O–H groups in total. The van der Waals surface area contributed by atoms with Crippen LogP contribution in [0.3, 0.4) is 0 Å². The molecule has 0 atom stereocenters. The fourth-order valence-electron chi connectivity index (χ4n) is 0. The molecule has 0 unspecified atom stereocenters. The molecule has 7 heteroatoms. The molecule has 0 fully saturated rings. The maximum absolute atomic E-state index is 8.88. The molecule has 0 aliphatic heterocycles. The number of phosphoric acid groups is 1. The van der Waals surface area contributed by atoms with Crippen molar-refractivity contribution in [3.8, 4) is 0 Å². The zero-order valence-electron chi connectivity index (χ0n) is 3.50. The van der Waals surface area contributed by atoms with Crippen molar-refractivity contribution in [2.45, 2.75) is 0 Å². The van der Waals surface area contributed by atoms with E-state index in [2.05, 4.69) is 0 Å². The Morgan fingerprint density at radius 2 is 1.25 bits per heavy atom. The molecule has 0 amide bonds. The second-order valence-electron chi connectivity index (χ2n) is 0.513. The van der Waals surface area contributed by atoms with Gasteiger partial charge < -0.3 is 26.5 Å². The van der Waals surface area contributed by atoms with Crippen molar-refractivity contribution in [1.29, 1.82) is 5.26 Å². The molecule has 5 nitrogen and oxygen atoms in total. The molecular formula is CH3FeNO4P-. The summed E-state index contributed by atoms with van der Waals surface area (Å²) in [5.41, 5.74) is 0. The van der Waals surface area contributed by atoms with Crippen molar-refractivity contribution in [3.05, 3.63) is 6.57 Å². The van der Waals surface area contributed by atoms with Crippen molar-refractivity contribution in [1.82, 2.24) is 0 Å². The van der Waals surface area contributed by atoms with Crippen molar-refractivity contribution in [2.24, 2.45) is 0 Å². The van der Waals surface area contributed by atoms with Crippen LogP contribution < -0.4 is 0 Å². The zero-order valence-corrected chi connectivity index (χ0v) is 5.50. The first kappa shape index (κ1) is 15.7. The maximum atomic E-state index is 8.88. The van der Waals surface area contributed by atoms with E-state index in [-0.39, 0.29) is 17.1 Å². The second-order valence-corrected chi connectivity index (χ2v) is 1.54. The third-order valence-electron chi connectivity index (χ3n) is 0. The third-order valence-corrected chi connectivity index (χ3v) is 0. The number of hydrogen-bond donors (Lipinski definition) is 3. The van der Waals surface area contributed by atoms with Gasteiger partial charge in [0.15, 0.2) is 0 Å². The molecule has 0 bridgehead atoms. The summed E-state index contributed by atoms with van der Waals surface area (Å²) in [5, 5.41) is 6.25. The van der Waals surface area contributed by atoms with E-state index in [4.69, 9.17) is 31.1 Å². The van der Waals surface area contributed by atoms with Crippen LogP contribution in [0.15, 0.2) is 0 Å². The van der Waals surface area contributed by atoms with Crippen LogP contribution >= 0.6 is 7.82 Å². The van der Waals surface area contributed by atoms with E-state index < -0.39 is 7.82 Å². The summed E-state index contributed by atoms with van der Waals surface area (Å²) < 4.78 is 8.88. The first-order chi connectivity index (χ1) is 3.00. The average molecular weight is 180 g/mol. The molecule has 0 rings (SSSR count). The van der Waals surface area contributed by atoms with E-state index in [1.807, 2.05) is 0 Å². The van der Waals surface area contributed by atoms with Gasteiger partial charge in [-0.25, -0.2) is 4.57 Å². The second kappa shape index (κ2) is 7.12. The van der Waals surface area contributed by atoms with Gasteiger partial charge in [-0.1, -0.05) is 0 Å². The number of hydrogen-bond acceptors (Lipinski definition) is 2. The van der Waals surface area contributed by atoms with Gasteiger partial charge in [0.1, 0.15) is 0 Å². The maximum Gasteiger partial charge on any atom is 0.466 e. The Hall–Kier alpha value is 0.119. The summed E-state index contributed by atoms with van der Waals surface area (Å²) in [5.74, 6) is 0. The van der Waals surface area contributed by atoms with Crippen molar-refractivity contribution < 1.29 is 36.3 Å². The number of nitrogens with zero attached hydrogens (tertiary/aromatic N) is 1. The van der Waals surface area contributed by atoms with E-state index in [1.54, 1.807) is 0 Å². The van der Waals surface area contributed by atoms with Gasteiger partial charge in [-0.2, -0.15) is 0 Å². The predicted molar refractivity (Wildman–Crippen MR) is 19.2 cm³/mol. The van der Waals surface area contributed by atoms with E-state index in [1.165, 1.54) is 0 Å². The molecular weight excluding hydrogens is 177 g/mol. The quantitative estimate of drug-likeness (QED) is 0.256. The Balaban J connectivity index is -0.0000000750. The first-order valence-corrected chi connectivity index (χ1v) is 2.57. The topological polar surface area (TPSA) is 102 Å². The summed E-state index contributed by atoms with van der Waals surface area (Å²) in [6.07, 6.45) is 0. The third kappa shape index (κ3) is 11200. The molecule has 50 valence electrons. The molecule has 8 heavy (non-hydrogen) atoms. The summed E-state index contributed by atoms with van der Waals surface area (Å²) in [4.78, 5) is 21.6. The number of rotatable bonds is 0. The minimum atomic E-state index is -4.64. The van der Waals surface area contributed by atoms with Gasteiger partial charge in [0.25, 0.3) is 0 Å². The summed E-state index contributed by atoms with van der Waals surface area (Å²) in [6.45, 7) is 4.75. The SMILES string of the molecule is O=P(O)(O)O.[C-]#N.[Fe]. The summed E-state index contributed by atoms with van der Waals surface area (Å²) >= 11 is 0. The van der Waals surface area contributed by atoms with E-state index >= 15 is 0 Å². The monoisotopic (exact) mass is 180 g/mol. The normalized spacial score (nSPS) is 7.62. The molecule has 0 aromatic heterocycles. The smallest absolute Gasteiger partial charge is 0.466 e. The van der Waals surface area contributed by atoms with Gasteiger partial charge in [0.2, 0.25) is 0 Å². The van der Waals surface area contributed by atoms with Gasteiger partial charge in [-0.3, -0.25) is 0 Å². The van der Waals surface area contributed by atoms with Crippen LogP contribution in [0.2, 0.25) is 0 Å². The van der Waals surface area contributed by atoms with Crippen molar-refractivity contribution >= 4 is 7.82 Å². The molecule has 0 saturated carbocycles. The van der Waals surface area contributed by atoms with Crippen LogP contribution in [-0.4, -0.2) is 14.7 Å². The Bertz CT molecular complexity index is 87.2. The van der Waals surface area contributed by atoms with E-state index in [9.17, 15) is 0 Å². The van der Waals surface area contributed by atoms with Gasteiger partial charge in [-0.05, 0) is 0 Å². The Labute approximate surface area is 56.7 Å². The van der Waals surface area contributed by atoms with Gasteiger partial charge in [-0.15, -0.1) is 0 Å². The summed E-state index contributed by atoms with van der Waals surface area (Å²) in [6, 6.07) is 0. The van der Waals surface area contributed by atoms with Gasteiger partial charge in [0.05, 0.1) is 0 Å². The Kier molecular flexibility index (Phi) is 14.0. The Morgan fingerprint density at radius 3 is 1.25 bits per heavy atom. The molecule has 0 aromatic rings. The molecule has 0 radical (unpaired) electrons. The minimum absolute atomic E-state index is 0. The largest absolute Gasteiger partial charge is 0.512 e. The van der Waals surface area contributed by atoms with Crippen LogP contribution in [0.5, 0.6) is 0 Å². The van der Waals surface area contributed by atoms with Crippen LogP contribution in [0.4, 0.5) is 0 Å². The first-order valence-electron chi connectivity index (χ1n) is 1.01. The fraction of sp³-hybridized carbons (Fsp3) is 0. The van der Waals surface area contributed by atoms with Crippen molar-refractivity contribution in [2.75, 3.05) is 0 Å². The summed E-state index contributed by atoms with van der Waals surface area (Å²) in [7, 11) is -4.64. The minimum Gasteiger partial charge on any atom is -0.512 e. The van der Waals surface area contributed by atoms with E-state index in [0.717, 1.165) is 0 Å². The molecule has 0 heterocycles. The Morgan fingerprint density at radius 1 is 1.25 bits per heavy atom. The zero-order chi connectivity index (χ0) is 6.50. The van der Waals surface area contributed by atoms with E-state index in [0.29, 0.717) is 0 Å². The van der Waals surface area contributed by atoms with Gasteiger partial charge in [0, 0.05) is 17.1 Å². The average Bonchev–Trinajstić information content (AvgIpc) is 1.36. The van der Waals surface area contributed by atoms with Crippen LogP contribution in [0, 0.1) is 11.8 Å².